The molecule has 36 heavy (non-hydrogen) atoms. The molecule has 0 saturated carbocycles. The fourth-order valence-corrected chi connectivity index (χ4v) is 4.76. The molecule has 0 spiro atoms. The van der Waals surface area contributed by atoms with Crippen molar-refractivity contribution in [3.05, 3.63) is 53.2 Å². The first-order valence-corrected chi connectivity index (χ1v) is 12.5. The number of nitrogens with zero attached hydrogens (tertiary/aromatic N) is 4. The van der Waals surface area contributed by atoms with E-state index in [9.17, 15) is 18.0 Å². The van der Waals surface area contributed by atoms with E-state index in [-0.39, 0.29) is 19.4 Å². The summed E-state index contributed by atoms with van der Waals surface area (Å²) in [6.45, 7) is 6.07. The van der Waals surface area contributed by atoms with Crippen LogP contribution in [0.15, 0.2) is 42.6 Å². The van der Waals surface area contributed by atoms with E-state index in [0.717, 1.165) is 69.3 Å². The zero-order valence-electron chi connectivity index (χ0n) is 19.6. The number of nitrogens with one attached hydrogen (secondary N) is 1. The Balaban J connectivity index is 0.00000361. The Morgan fingerprint density at radius 1 is 0.972 bits per heavy atom. The number of hydrogen-bond donors (Lipinski definition) is 1. The van der Waals surface area contributed by atoms with Crippen LogP contribution in [-0.2, 0) is 11.0 Å². The largest absolute Gasteiger partial charge is 0.417 e. The second-order valence-corrected chi connectivity index (χ2v) is 9.58. The van der Waals surface area contributed by atoms with Crippen molar-refractivity contribution in [1.82, 2.24) is 15.2 Å². The normalized spacial score (nSPS) is 17.6. The van der Waals surface area contributed by atoms with Crippen molar-refractivity contribution in [2.75, 3.05) is 55.6 Å². The van der Waals surface area contributed by atoms with Gasteiger partial charge in [0.1, 0.15) is 5.82 Å². The Hall–Kier alpha value is -2.52. The highest BCUT2D eigenvalue weighted by atomic mass is 35.5. The van der Waals surface area contributed by atoms with Gasteiger partial charge in [0.2, 0.25) is 5.91 Å². The first kappa shape index (κ1) is 28.1. The lowest BCUT2D eigenvalue weighted by Gasteiger charge is -2.36. The molecule has 0 unspecified atom stereocenters. The molecule has 198 valence electrons. The molecule has 0 radical (unpaired) electrons. The number of carbonyl (C=O) groups excluding carboxylic acids is 1. The summed E-state index contributed by atoms with van der Waals surface area (Å²) in [7, 11) is 0. The molecule has 4 rings (SSSR count). The van der Waals surface area contributed by atoms with E-state index in [2.05, 4.69) is 20.1 Å². The smallest absolute Gasteiger partial charge is 0.369 e. The maximum atomic E-state index is 12.7. The fraction of sp³-hybridized carbons (Fsp3) is 0.538. The van der Waals surface area contributed by atoms with Gasteiger partial charge >= 0.3 is 6.18 Å². The Labute approximate surface area is 216 Å². The van der Waals surface area contributed by atoms with Crippen molar-refractivity contribution < 1.29 is 18.0 Å². The van der Waals surface area contributed by atoms with Crippen LogP contribution in [0, 0.1) is 0 Å². The van der Waals surface area contributed by atoms with Crippen molar-refractivity contribution in [1.29, 1.82) is 0 Å². The van der Waals surface area contributed by atoms with Gasteiger partial charge in [0.25, 0.3) is 0 Å². The Bertz CT molecular complexity index is 955. The van der Waals surface area contributed by atoms with Crippen LogP contribution in [0.3, 0.4) is 0 Å². The SMILES string of the molecule is C.O=C(CCCN1CCN(c2ccc(Cl)cc2)CC1)NC1CCN(c2ccc(C(F)(F)F)cn2)CC1. The van der Waals surface area contributed by atoms with Crippen LogP contribution in [0.4, 0.5) is 24.7 Å². The summed E-state index contributed by atoms with van der Waals surface area (Å²) in [5.74, 6) is 0.606. The predicted octanol–water partition coefficient (Wildman–Crippen LogP) is 5.08. The second-order valence-electron chi connectivity index (χ2n) is 9.14. The van der Waals surface area contributed by atoms with Gasteiger partial charge in [-0.3, -0.25) is 9.69 Å². The van der Waals surface area contributed by atoms with Crippen molar-refractivity contribution in [2.45, 2.75) is 45.3 Å². The quantitative estimate of drug-likeness (QED) is 0.546. The van der Waals surface area contributed by atoms with E-state index >= 15 is 0 Å². The second kappa shape index (κ2) is 12.6. The number of carbonyl (C=O) groups is 1. The average Bonchev–Trinajstić information content (AvgIpc) is 2.85. The molecule has 3 heterocycles. The molecule has 1 amide bonds. The third-order valence-corrected chi connectivity index (χ3v) is 6.95. The summed E-state index contributed by atoms with van der Waals surface area (Å²) in [4.78, 5) is 23.1. The lowest BCUT2D eigenvalue weighted by atomic mass is 10.0. The topological polar surface area (TPSA) is 51.7 Å². The van der Waals surface area contributed by atoms with Gasteiger partial charge in [-0.05, 0) is 62.2 Å². The molecule has 1 aromatic heterocycles. The van der Waals surface area contributed by atoms with E-state index < -0.39 is 11.7 Å². The number of anilines is 2. The monoisotopic (exact) mass is 525 g/mol. The van der Waals surface area contributed by atoms with Crippen molar-refractivity contribution >= 4 is 29.0 Å². The number of pyridine rings is 1. The van der Waals surface area contributed by atoms with Crippen LogP contribution in [0.1, 0.15) is 38.7 Å². The molecule has 2 aliphatic rings. The van der Waals surface area contributed by atoms with Crippen LogP contribution in [0.5, 0.6) is 0 Å². The number of amides is 1. The Morgan fingerprint density at radius 3 is 2.22 bits per heavy atom. The van der Waals surface area contributed by atoms with Crippen LogP contribution >= 0.6 is 11.6 Å². The van der Waals surface area contributed by atoms with Crippen LogP contribution in [0.25, 0.3) is 0 Å². The van der Waals surface area contributed by atoms with Crippen molar-refractivity contribution in [3.8, 4) is 0 Å². The Kier molecular flexibility index (Phi) is 9.84. The highest BCUT2D eigenvalue weighted by molar-refractivity contribution is 6.30. The molecule has 6 nitrogen and oxygen atoms in total. The van der Waals surface area contributed by atoms with E-state index in [4.69, 9.17) is 11.6 Å². The Morgan fingerprint density at radius 2 is 1.64 bits per heavy atom. The lowest BCUT2D eigenvalue weighted by molar-refractivity contribution is -0.137. The number of benzene rings is 1. The highest BCUT2D eigenvalue weighted by Gasteiger charge is 2.31. The first-order chi connectivity index (χ1) is 16.8. The maximum absolute atomic E-state index is 12.7. The van der Waals surface area contributed by atoms with Crippen LogP contribution in [0.2, 0.25) is 5.02 Å². The van der Waals surface area contributed by atoms with Gasteiger partial charge < -0.3 is 15.1 Å². The molecule has 2 fully saturated rings. The summed E-state index contributed by atoms with van der Waals surface area (Å²) >= 11 is 5.97. The number of aromatic nitrogens is 1. The van der Waals surface area contributed by atoms with Crippen LogP contribution in [-0.4, -0.2) is 67.6 Å². The number of piperazine rings is 1. The van der Waals surface area contributed by atoms with Crippen molar-refractivity contribution in [2.24, 2.45) is 0 Å². The number of piperidine rings is 1. The minimum Gasteiger partial charge on any atom is -0.369 e. The van der Waals surface area contributed by atoms with E-state index in [1.165, 1.54) is 11.8 Å². The van der Waals surface area contributed by atoms with Gasteiger partial charge in [-0.25, -0.2) is 4.98 Å². The minimum atomic E-state index is -4.38. The predicted molar refractivity (Wildman–Crippen MR) is 139 cm³/mol. The molecule has 2 aromatic rings. The van der Waals surface area contributed by atoms with E-state index in [1.807, 2.05) is 29.2 Å². The van der Waals surface area contributed by atoms with Gasteiger partial charge in [0.15, 0.2) is 0 Å². The van der Waals surface area contributed by atoms with Gasteiger partial charge in [0, 0.05) is 68.6 Å². The fourth-order valence-electron chi connectivity index (χ4n) is 4.64. The maximum Gasteiger partial charge on any atom is 0.417 e. The summed E-state index contributed by atoms with van der Waals surface area (Å²) in [6.07, 6.45) is -0.684. The molecule has 0 aliphatic carbocycles. The number of hydrogen-bond acceptors (Lipinski definition) is 5. The number of alkyl halides is 3. The molecule has 2 aliphatic heterocycles. The van der Waals surface area contributed by atoms with Gasteiger partial charge in [-0.15, -0.1) is 0 Å². The number of halogens is 4. The molecule has 0 bridgehead atoms. The van der Waals surface area contributed by atoms with Crippen LogP contribution < -0.4 is 15.1 Å². The van der Waals surface area contributed by atoms with Gasteiger partial charge in [0.05, 0.1) is 5.56 Å². The molecular weight excluding hydrogens is 491 g/mol. The van der Waals surface area contributed by atoms with E-state index in [0.29, 0.717) is 25.3 Å². The third kappa shape index (κ3) is 7.74. The highest BCUT2D eigenvalue weighted by Crippen LogP contribution is 2.30. The van der Waals surface area contributed by atoms with Crippen molar-refractivity contribution in [3.63, 3.8) is 0 Å². The molecule has 2 saturated heterocycles. The van der Waals surface area contributed by atoms with Gasteiger partial charge in [-0.1, -0.05) is 19.0 Å². The molecule has 1 N–H and O–H groups in total. The molecular formula is C26H35ClF3N5O. The van der Waals surface area contributed by atoms with E-state index in [1.54, 1.807) is 0 Å². The van der Waals surface area contributed by atoms with Gasteiger partial charge in [-0.2, -0.15) is 13.2 Å². The standard InChI is InChI=1S/C25H31ClF3N5O.CH4/c26-20-4-6-22(7-5-20)33-16-14-32(15-17-33)11-1-2-24(35)31-21-9-12-34(13-10-21)23-8-3-19(18-30-23)25(27,28)29;/h3-8,18,21H,1-2,9-17H2,(H,31,35);1H4. The third-order valence-electron chi connectivity index (χ3n) is 6.70. The summed E-state index contributed by atoms with van der Waals surface area (Å²) in [5, 5.41) is 3.86. The lowest BCUT2D eigenvalue weighted by Crippen LogP contribution is -2.47. The summed E-state index contributed by atoms with van der Waals surface area (Å²) in [5.41, 5.74) is 0.445. The molecule has 0 atom stereocenters. The zero-order valence-corrected chi connectivity index (χ0v) is 20.4. The summed E-state index contributed by atoms with van der Waals surface area (Å²) in [6, 6.07) is 10.5. The molecule has 1 aromatic carbocycles. The average molecular weight is 526 g/mol. The first-order valence-electron chi connectivity index (χ1n) is 12.1. The zero-order chi connectivity index (χ0) is 24.8. The minimum absolute atomic E-state index is 0. The number of rotatable bonds is 7. The summed E-state index contributed by atoms with van der Waals surface area (Å²) < 4.78 is 38.2. The molecule has 10 heteroatoms.